The van der Waals surface area contributed by atoms with E-state index in [9.17, 15) is 9.59 Å². The molecule has 1 aromatic rings. The molecule has 6 heteroatoms. The van der Waals surface area contributed by atoms with E-state index in [0.717, 1.165) is 26.2 Å². The van der Waals surface area contributed by atoms with Gasteiger partial charge in [-0.05, 0) is 25.1 Å². The fourth-order valence-corrected chi connectivity index (χ4v) is 2.36. The maximum Gasteiger partial charge on any atom is 0.251 e. The van der Waals surface area contributed by atoms with Gasteiger partial charge in [-0.15, -0.1) is 0 Å². The summed E-state index contributed by atoms with van der Waals surface area (Å²) in [5, 5.41) is 8.71. The molecule has 0 aliphatic carbocycles. The van der Waals surface area contributed by atoms with Crippen molar-refractivity contribution in [2.75, 3.05) is 38.5 Å². The second kappa shape index (κ2) is 7.19. The van der Waals surface area contributed by atoms with Crippen molar-refractivity contribution in [2.45, 2.75) is 13.0 Å². The average Bonchev–Trinajstić information content (AvgIpc) is 2.54. The molecule has 3 N–H and O–H groups in total. The van der Waals surface area contributed by atoms with Crippen molar-refractivity contribution >= 4 is 17.5 Å². The standard InChI is InChI=1S/C15H22N4O2/c1-11(19-8-6-17-7-9-19)14(20)18-13-5-3-4-12(10-13)15(21)16-2/h3-5,10-11,17H,6-9H2,1-2H3,(H,16,21)(H,18,20). The normalized spacial score (nSPS) is 17.0. The minimum Gasteiger partial charge on any atom is -0.355 e. The van der Waals surface area contributed by atoms with Crippen LogP contribution < -0.4 is 16.0 Å². The van der Waals surface area contributed by atoms with Crippen LogP contribution in [0.3, 0.4) is 0 Å². The van der Waals surface area contributed by atoms with E-state index in [2.05, 4.69) is 20.9 Å². The van der Waals surface area contributed by atoms with Gasteiger partial charge in [0.25, 0.3) is 5.91 Å². The molecule has 0 aromatic heterocycles. The summed E-state index contributed by atoms with van der Waals surface area (Å²) < 4.78 is 0. The number of anilines is 1. The van der Waals surface area contributed by atoms with Gasteiger partial charge in [-0.25, -0.2) is 0 Å². The van der Waals surface area contributed by atoms with Gasteiger partial charge in [-0.1, -0.05) is 6.07 Å². The Balaban J connectivity index is 2.00. The molecule has 0 radical (unpaired) electrons. The Morgan fingerprint density at radius 1 is 1.29 bits per heavy atom. The molecule has 1 aliphatic rings. The van der Waals surface area contributed by atoms with Gasteiger partial charge in [0.15, 0.2) is 0 Å². The Kier molecular flexibility index (Phi) is 5.30. The molecule has 21 heavy (non-hydrogen) atoms. The number of nitrogens with zero attached hydrogens (tertiary/aromatic N) is 1. The van der Waals surface area contributed by atoms with Crippen LogP contribution in [0.2, 0.25) is 0 Å². The van der Waals surface area contributed by atoms with Crippen molar-refractivity contribution in [2.24, 2.45) is 0 Å². The highest BCUT2D eigenvalue weighted by molar-refractivity contribution is 5.98. The molecular formula is C15H22N4O2. The van der Waals surface area contributed by atoms with Gasteiger partial charge in [0.2, 0.25) is 5.91 Å². The van der Waals surface area contributed by atoms with Crippen molar-refractivity contribution in [3.63, 3.8) is 0 Å². The number of rotatable bonds is 4. The molecule has 0 bridgehead atoms. The molecule has 1 fully saturated rings. The third-order valence-corrected chi connectivity index (χ3v) is 3.70. The fourth-order valence-electron chi connectivity index (χ4n) is 2.36. The van der Waals surface area contributed by atoms with Crippen molar-refractivity contribution < 1.29 is 9.59 Å². The second-order valence-electron chi connectivity index (χ2n) is 5.11. The highest BCUT2D eigenvalue weighted by atomic mass is 16.2. The largest absolute Gasteiger partial charge is 0.355 e. The Morgan fingerprint density at radius 3 is 2.67 bits per heavy atom. The van der Waals surface area contributed by atoms with E-state index in [0.29, 0.717) is 11.3 Å². The van der Waals surface area contributed by atoms with Crippen LogP contribution in [0.15, 0.2) is 24.3 Å². The van der Waals surface area contributed by atoms with E-state index in [-0.39, 0.29) is 17.9 Å². The van der Waals surface area contributed by atoms with Crippen LogP contribution in [0.1, 0.15) is 17.3 Å². The predicted molar refractivity (Wildman–Crippen MR) is 82.4 cm³/mol. The Bertz CT molecular complexity index is 512. The van der Waals surface area contributed by atoms with Crippen LogP contribution in [-0.2, 0) is 4.79 Å². The van der Waals surface area contributed by atoms with E-state index in [1.807, 2.05) is 6.92 Å². The Hall–Kier alpha value is -1.92. The number of piperazine rings is 1. The van der Waals surface area contributed by atoms with Crippen LogP contribution in [0.25, 0.3) is 0 Å². The predicted octanol–water partition coefficient (Wildman–Crippen LogP) is 0.278. The van der Waals surface area contributed by atoms with Gasteiger partial charge in [0.1, 0.15) is 0 Å². The summed E-state index contributed by atoms with van der Waals surface area (Å²) in [6, 6.07) is 6.76. The highest BCUT2D eigenvalue weighted by Crippen LogP contribution is 2.12. The second-order valence-corrected chi connectivity index (χ2v) is 5.11. The summed E-state index contributed by atoms with van der Waals surface area (Å²) in [5.41, 5.74) is 1.17. The smallest absolute Gasteiger partial charge is 0.251 e. The molecule has 2 rings (SSSR count). The van der Waals surface area contributed by atoms with E-state index >= 15 is 0 Å². The molecule has 1 aliphatic heterocycles. The molecule has 1 atom stereocenters. The van der Waals surface area contributed by atoms with Crippen molar-refractivity contribution in [3.05, 3.63) is 29.8 Å². The molecule has 114 valence electrons. The monoisotopic (exact) mass is 290 g/mol. The first-order valence-corrected chi connectivity index (χ1v) is 7.19. The van der Waals surface area contributed by atoms with E-state index in [1.165, 1.54) is 0 Å². The van der Waals surface area contributed by atoms with E-state index < -0.39 is 0 Å². The quantitative estimate of drug-likeness (QED) is 0.744. The number of carbonyl (C=O) groups excluding carboxylic acids is 2. The number of benzene rings is 1. The number of carbonyl (C=O) groups is 2. The zero-order valence-corrected chi connectivity index (χ0v) is 12.5. The summed E-state index contributed by atoms with van der Waals surface area (Å²) in [5.74, 6) is -0.216. The van der Waals surface area contributed by atoms with Gasteiger partial charge in [0.05, 0.1) is 6.04 Å². The molecule has 0 spiro atoms. The van der Waals surface area contributed by atoms with Gasteiger partial charge in [0, 0.05) is 44.5 Å². The Morgan fingerprint density at radius 2 is 2.00 bits per heavy atom. The first kappa shape index (κ1) is 15.5. The number of hydrogen-bond donors (Lipinski definition) is 3. The molecule has 1 saturated heterocycles. The van der Waals surface area contributed by atoms with E-state index in [1.54, 1.807) is 31.3 Å². The number of amides is 2. The summed E-state index contributed by atoms with van der Waals surface area (Å²) >= 11 is 0. The average molecular weight is 290 g/mol. The SMILES string of the molecule is CNC(=O)c1cccc(NC(=O)C(C)N2CCNCC2)c1. The molecule has 6 nitrogen and oxygen atoms in total. The van der Waals surface area contributed by atoms with Crippen LogP contribution in [0, 0.1) is 0 Å². The van der Waals surface area contributed by atoms with Gasteiger partial charge in [-0.3, -0.25) is 14.5 Å². The van der Waals surface area contributed by atoms with Crippen LogP contribution in [0.5, 0.6) is 0 Å². The minimum absolute atomic E-state index is 0.0500. The third kappa shape index (κ3) is 4.03. The van der Waals surface area contributed by atoms with E-state index in [4.69, 9.17) is 0 Å². The van der Waals surface area contributed by atoms with Crippen molar-refractivity contribution in [3.8, 4) is 0 Å². The third-order valence-electron chi connectivity index (χ3n) is 3.70. The minimum atomic E-state index is -0.184. The summed E-state index contributed by atoms with van der Waals surface area (Å²) in [6.07, 6.45) is 0. The first-order chi connectivity index (χ1) is 10.1. The van der Waals surface area contributed by atoms with Crippen LogP contribution >= 0.6 is 0 Å². The van der Waals surface area contributed by atoms with Gasteiger partial charge < -0.3 is 16.0 Å². The fraction of sp³-hybridized carbons (Fsp3) is 0.467. The lowest BCUT2D eigenvalue weighted by Crippen LogP contribution is -2.51. The summed E-state index contributed by atoms with van der Waals surface area (Å²) in [6.45, 7) is 5.45. The zero-order valence-electron chi connectivity index (χ0n) is 12.5. The molecular weight excluding hydrogens is 268 g/mol. The number of hydrogen-bond acceptors (Lipinski definition) is 4. The lowest BCUT2D eigenvalue weighted by molar-refractivity contribution is -0.120. The Labute approximate surface area is 124 Å². The van der Waals surface area contributed by atoms with Gasteiger partial charge in [-0.2, -0.15) is 0 Å². The van der Waals surface area contributed by atoms with Crippen LogP contribution in [0.4, 0.5) is 5.69 Å². The first-order valence-electron chi connectivity index (χ1n) is 7.19. The maximum atomic E-state index is 12.3. The van der Waals surface area contributed by atoms with Gasteiger partial charge >= 0.3 is 0 Å². The number of nitrogens with one attached hydrogen (secondary N) is 3. The van der Waals surface area contributed by atoms with Crippen molar-refractivity contribution in [1.29, 1.82) is 0 Å². The zero-order chi connectivity index (χ0) is 15.2. The lowest BCUT2D eigenvalue weighted by atomic mass is 10.1. The highest BCUT2D eigenvalue weighted by Gasteiger charge is 2.22. The lowest BCUT2D eigenvalue weighted by Gasteiger charge is -2.31. The molecule has 1 unspecified atom stereocenters. The summed E-state index contributed by atoms with van der Waals surface area (Å²) in [7, 11) is 1.58. The molecule has 1 aromatic carbocycles. The maximum absolute atomic E-state index is 12.3. The topological polar surface area (TPSA) is 73.5 Å². The van der Waals surface area contributed by atoms with Crippen molar-refractivity contribution in [1.82, 2.24) is 15.5 Å². The molecule has 1 heterocycles. The summed E-state index contributed by atoms with van der Waals surface area (Å²) in [4.78, 5) is 26.0. The molecule has 0 saturated carbocycles. The molecule has 2 amide bonds. The van der Waals surface area contributed by atoms with Crippen LogP contribution in [-0.4, -0.2) is 56.0 Å².